The number of carboxylic acid groups (broad SMARTS) is 1. The van der Waals surface area contributed by atoms with Crippen molar-refractivity contribution in [2.75, 3.05) is 6.54 Å². The van der Waals surface area contributed by atoms with Crippen LogP contribution in [0.5, 0.6) is 0 Å². The van der Waals surface area contributed by atoms with Gasteiger partial charge in [0.2, 0.25) is 0 Å². The lowest BCUT2D eigenvalue weighted by atomic mass is 10.1. The van der Waals surface area contributed by atoms with Gasteiger partial charge in [0.05, 0.1) is 0 Å². The van der Waals surface area contributed by atoms with Crippen LogP contribution in [0, 0.1) is 0 Å². The molecule has 10 nitrogen and oxygen atoms in total. The lowest BCUT2D eigenvalue weighted by molar-refractivity contribution is -0.142. The van der Waals surface area contributed by atoms with Crippen molar-refractivity contribution < 1.29 is 19.5 Å². The molecule has 0 rings (SSSR count). The highest BCUT2D eigenvalue weighted by Crippen LogP contribution is 2.04. The molecule has 10 heteroatoms. The number of hydrazine groups is 2. The van der Waals surface area contributed by atoms with Crippen molar-refractivity contribution in [1.82, 2.24) is 10.0 Å². The molecule has 0 saturated carbocycles. The number of carbonyl (C=O) groups is 3. The van der Waals surface area contributed by atoms with Crippen molar-refractivity contribution in [3.8, 4) is 0 Å². The minimum absolute atomic E-state index is 0.00421. The second-order valence-electron chi connectivity index (χ2n) is 3.27. The number of nitrogens with two attached hydrogens (primary N) is 4. The molecule has 98 valence electrons. The highest BCUT2D eigenvalue weighted by Gasteiger charge is 2.25. The van der Waals surface area contributed by atoms with Gasteiger partial charge in [-0.25, -0.2) is 31.1 Å². The van der Waals surface area contributed by atoms with Gasteiger partial charge >= 0.3 is 18.0 Å². The van der Waals surface area contributed by atoms with Crippen molar-refractivity contribution in [2.45, 2.75) is 18.9 Å². The summed E-state index contributed by atoms with van der Waals surface area (Å²) in [6, 6.07) is -3.16. The zero-order valence-corrected chi connectivity index (χ0v) is 9.07. The molecule has 17 heavy (non-hydrogen) atoms. The van der Waals surface area contributed by atoms with Gasteiger partial charge in [0.25, 0.3) is 0 Å². The van der Waals surface area contributed by atoms with Crippen LogP contribution in [0.2, 0.25) is 0 Å². The van der Waals surface area contributed by atoms with Gasteiger partial charge in [-0.3, -0.25) is 5.01 Å². The van der Waals surface area contributed by atoms with Gasteiger partial charge < -0.3 is 16.6 Å². The van der Waals surface area contributed by atoms with Gasteiger partial charge in [-0.15, -0.1) is 0 Å². The van der Waals surface area contributed by atoms with Gasteiger partial charge in [-0.1, -0.05) is 0 Å². The van der Waals surface area contributed by atoms with E-state index >= 15 is 0 Å². The third-order valence-electron chi connectivity index (χ3n) is 2.03. The predicted molar refractivity (Wildman–Crippen MR) is 56.7 cm³/mol. The summed E-state index contributed by atoms with van der Waals surface area (Å²) in [5.74, 6) is 9.07. The number of primary amides is 2. The Morgan fingerprint density at radius 3 is 2.00 bits per heavy atom. The molecule has 0 aromatic carbocycles. The number of urea groups is 2. The average Bonchev–Trinajstić information content (AvgIpc) is 2.22. The summed E-state index contributed by atoms with van der Waals surface area (Å²) in [6.07, 6.45) is 0.202. The molecule has 0 bridgehead atoms. The molecule has 1 atom stereocenters. The Bertz CT molecular complexity index is 309. The monoisotopic (exact) mass is 248 g/mol. The normalized spacial score (nSPS) is 11.6. The van der Waals surface area contributed by atoms with E-state index in [9.17, 15) is 14.4 Å². The van der Waals surface area contributed by atoms with E-state index < -0.39 is 24.1 Å². The Labute approximate surface area is 97.0 Å². The van der Waals surface area contributed by atoms with Gasteiger partial charge in [0, 0.05) is 6.54 Å². The fraction of sp³-hybridized carbons (Fsp3) is 0.571. The maximum Gasteiger partial charge on any atom is 0.329 e. The molecule has 0 fully saturated rings. The Hall–Kier alpha value is -2.07. The van der Waals surface area contributed by atoms with Crippen LogP contribution in [0.15, 0.2) is 0 Å². The van der Waals surface area contributed by atoms with Gasteiger partial charge in [-0.2, -0.15) is 0 Å². The first-order valence-electron chi connectivity index (χ1n) is 4.65. The molecule has 1 unspecified atom stereocenters. The Morgan fingerprint density at radius 2 is 1.65 bits per heavy atom. The first-order chi connectivity index (χ1) is 7.77. The Kier molecular flexibility index (Phi) is 5.71. The van der Waals surface area contributed by atoms with Crippen LogP contribution < -0.4 is 23.2 Å². The van der Waals surface area contributed by atoms with Crippen LogP contribution in [-0.2, 0) is 4.79 Å². The molecule has 0 heterocycles. The maximum atomic E-state index is 10.8. The number of carboxylic acids is 1. The fourth-order valence-corrected chi connectivity index (χ4v) is 1.10. The molecule has 0 aliphatic carbocycles. The number of nitrogens with zero attached hydrogens (tertiary/aromatic N) is 2. The molecule has 0 radical (unpaired) electrons. The first kappa shape index (κ1) is 14.9. The molecule has 9 N–H and O–H groups in total. The highest BCUT2D eigenvalue weighted by molar-refractivity contribution is 5.81. The number of aliphatic carboxylic acids is 1. The summed E-state index contributed by atoms with van der Waals surface area (Å²) < 4.78 is 0. The lowest BCUT2D eigenvalue weighted by Crippen LogP contribution is -2.52. The van der Waals surface area contributed by atoms with Crippen molar-refractivity contribution >= 4 is 18.0 Å². The summed E-state index contributed by atoms with van der Waals surface area (Å²) in [4.78, 5) is 32.0. The van der Waals surface area contributed by atoms with E-state index in [0.717, 1.165) is 5.01 Å². The molecule has 0 aliphatic rings. The molecule has 4 amide bonds. The summed E-state index contributed by atoms with van der Waals surface area (Å²) in [7, 11) is 0. The second kappa shape index (κ2) is 6.50. The molecule has 0 saturated heterocycles. The number of hydrogen-bond acceptors (Lipinski definition) is 5. The van der Waals surface area contributed by atoms with Crippen LogP contribution in [0.4, 0.5) is 9.59 Å². The van der Waals surface area contributed by atoms with Crippen molar-refractivity contribution in [2.24, 2.45) is 23.2 Å². The summed E-state index contributed by atoms with van der Waals surface area (Å²) in [5, 5.41) is 9.94. The van der Waals surface area contributed by atoms with E-state index in [2.05, 4.69) is 0 Å². The molecule has 0 spiro atoms. The second-order valence-corrected chi connectivity index (χ2v) is 3.27. The number of rotatable bonds is 6. The summed E-state index contributed by atoms with van der Waals surface area (Å²) in [5.41, 5.74) is 9.70. The van der Waals surface area contributed by atoms with Crippen LogP contribution >= 0.6 is 0 Å². The topological polar surface area (TPSA) is 182 Å². The SMILES string of the molecule is NC(=O)N(N)CCCC(C(=O)O)N(N)C(N)=O. The van der Waals surface area contributed by atoms with Gasteiger partial charge in [0.1, 0.15) is 6.04 Å². The molecule has 0 aliphatic heterocycles. The third kappa shape index (κ3) is 4.99. The Morgan fingerprint density at radius 1 is 1.12 bits per heavy atom. The minimum Gasteiger partial charge on any atom is -0.480 e. The van der Waals surface area contributed by atoms with Crippen molar-refractivity contribution in [1.29, 1.82) is 0 Å². The number of carbonyl (C=O) groups excluding carboxylic acids is 2. The van der Waals surface area contributed by atoms with E-state index in [1.54, 1.807) is 0 Å². The van der Waals surface area contributed by atoms with Gasteiger partial charge in [-0.05, 0) is 12.8 Å². The zero-order valence-electron chi connectivity index (χ0n) is 9.07. The van der Waals surface area contributed by atoms with E-state index in [-0.39, 0.29) is 19.4 Å². The van der Waals surface area contributed by atoms with Crippen LogP contribution in [-0.4, -0.2) is 45.7 Å². The molecular weight excluding hydrogens is 232 g/mol. The van der Waals surface area contributed by atoms with Gasteiger partial charge in [0.15, 0.2) is 0 Å². The maximum absolute atomic E-state index is 10.8. The molecule has 0 aromatic heterocycles. The van der Waals surface area contributed by atoms with E-state index in [4.69, 9.17) is 28.3 Å². The van der Waals surface area contributed by atoms with Crippen LogP contribution in [0.3, 0.4) is 0 Å². The predicted octanol–water partition coefficient (Wildman–Crippen LogP) is -2.27. The van der Waals surface area contributed by atoms with E-state index in [0.29, 0.717) is 5.01 Å². The van der Waals surface area contributed by atoms with Crippen LogP contribution in [0.25, 0.3) is 0 Å². The van der Waals surface area contributed by atoms with Crippen molar-refractivity contribution in [3.05, 3.63) is 0 Å². The smallest absolute Gasteiger partial charge is 0.329 e. The quantitative estimate of drug-likeness (QED) is 0.200. The largest absolute Gasteiger partial charge is 0.480 e. The molecular formula is C7H16N6O4. The van der Waals surface area contributed by atoms with Crippen molar-refractivity contribution in [3.63, 3.8) is 0 Å². The summed E-state index contributed by atoms with van der Waals surface area (Å²) in [6.45, 7) is 0.0473. The fourth-order valence-electron chi connectivity index (χ4n) is 1.10. The van der Waals surface area contributed by atoms with Crippen LogP contribution in [0.1, 0.15) is 12.8 Å². The number of hydrogen-bond donors (Lipinski definition) is 5. The standard InChI is InChI=1S/C7H16N6O4/c8-6(16)12(10)3-1-2-4(5(14)15)13(11)7(9)17/h4H,1-3,10-11H2,(H2,8,16)(H2,9,17)(H,14,15). The average molecular weight is 248 g/mol. The third-order valence-corrected chi connectivity index (χ3v) is 2.03. The summed E-state index contributed by atoms with van der Waals surface area (Å²) >= 11 is 0. The zero-order chi connectivity index (χ0) is 13.6. The highest BCUT2D eigenvalue weighted by atomic mass is 16.4. The molecule has 0 aromatic rings. The Balaban J connectivity index is 4.25. The van der Waals surface area contributed by atoms with E-state index in [1.165, 1.54) is 0 Å². The lowest BCUT2D eigenvalue weighted by Gasteiger charge is -2.22. The minimum atomic E-state index is -1.30. The number of amides is 4. The van der Waals surface area contributed by atoms with E-state index in [1.807, 2.05) is 0 Å². The first-order valence-corrected chi connectivity index (χ1v) is 4.65.